The lowest BCUT2D eigenvalue weighted by Gasteiger charge is -2.06. The third kappa shape index (κ3) is 8.56. The zero-order chi connectivity index (χ0) is 23.0. The zero-order valence-corrected chi connectivity index (χ0v) is 18.9. The molecule has 0 saturated carbocycles. The van der Waals surface area contributed by atoms with Gasteiger partial charge in [-0.2, -0.15) is 0 Å². The highest BCUT2D eigenvalue weighted by Gasteiger charge is 2.05. The highest BCUT2D eigenvalue weighted by molar-refractivity contribution is 5.85. The van der Waals surface area contributed by atoms with Crippen LogP contribution in [0.25, 0.3) is 0 Å². The Morgan fingerprint density at radius 3 is 1.56 bits per heavy atom. The van der Waals surface area contributed by atoms with Crippen molar-refractivity contribution in [2.75, 3.05) is 53.5 Å². The smallest absolute Gasteiger partial charge is 0.166 e. The number of phenolic OH excluding ortho intramolecular Hbond substituents is 2. The van der Waals surface area contributed by atoms with Crippen LogP contribution < -0.4 is 20.1 Å². The number of methoxy groups -OCH3 is 2. The van der Waals surface area contributed by atoms with Crippen molar-refractivity contribution in [3.8, 4) is 23.0 Å². The van der Waals surface area contributed by atoms with Gasteiger partial charge in [0.25, 0.3) is 0 Å². The third-order valence-electron chi connectivity index (χ3n) is 4.72. The van der Waals surface area contributed by atoms with Gasteiger partial charge in [0.05, 0.1) is 14.2 Å². The molecule has 4 N–H and O–H groups in total. The average molecular weight is 443 g/mol. The van der Waals surface area contributed by atoms with Crippen molar-refractivity contribution in [3.63, 3.8) is 0 Å². The Bertz CT molecular complexity index is 800. The Balaban J connectivity index is 1.47. The molecule has 0 amide bonds. The van der Waals surface area contributed by atoms with Crippen molar-refractivity contribution >= 4 is 12.4 Å². The summed E-state index contributed by atoms with van der Waals surface area (Å²) in [5.41, 5.74) is 1.32. The summed E-state index contributed by atoms with van der Waals surface area (Å²) in [6.07, 6.45) is 5.20. The molecule has 0 saturated heterocycles. The van der Waals surface area contributed by atoms with E-state index in [1.54, 1.807) is 36.7 Å². The molecule has 2 rings (SSSR count). The molecule has 0 heterocycles. The number of aromatic hydroxyl groups is 2. The van der Waals surface area contributed by atoms with E-state index in [0.29, 0.717) is 35.7 Å². The van der Waals surface area contributed by atoms with Crippen molar-refractivity contribution in [1.82, 2.24) is 10.6 Å². The number of benzene rings is 2. The molecule has 32 heavy (non-hydrogen) atoms. The average Bonchev–Trinajstić information content (AvgIpc) is 2.81. The fraction of sp³-hybridized carbons (Fsp3) is 0.417. The van der Waals surface area contributed by atoms with E-state index in [2.05, 4.69) is 20.6 Å². The SMILES string of the molecule is COc1cccc(C=NCCCNCCNCCCN=Cc2cccc(OC)c2O)c1O. The van der Waals surface area contributed by atoms with Gasteiger partial charge < -0.3 is 30.3 Å². The van der Waals surface area contributed by atoms with E-state index in [1.807, 2.05) is 12.1 Å². The van der Waals surface area contributed by atoms with E-state index in [-0.39, 0.29) is 11.5 Å². The van der Waals surface area contributed by atoms with Crippen LogP contribution in [0.15, 0.2) is 46.4 Å². The lowest BCUT2D eigenvalue weighted by molar-refractivity contribution is 0.373. The Morgan fingerprint density at radius 2 is 1.16 bits per heavy atom. The highest BCUT2D eigenvalue weighted by atomic mass is 16.5. The van der Waals surface area contributed by atoms with E-state index in [0.717, 1.165) is 39.0 Å². The third-order valence-corrected chi connectivity index (χ3v) is 4.72. The Morgan fingerprint density at radius 1 is 0.719 bits per heavy atom. The van der Waals surface area contributed by atoms with Gasteiger partial charge in [-0.3, -0.25) is 9.98 Å². The zero-order valence-electron chi connectivity index (χ0n) is 18.9. The summed E-state index contributed by atoms with van der Waals surface area (Å²) in [6, 6.07) is 10.7. The van der Waals surface area contributed by atoms with Crippen molar-refractivity contribution < 1.29 is 19.7 Å². The molecule has 0 aliphatic rings. The first-order valence-corrected chi connectivity index (χ1v) is 10.8. The van der Waals surface area contributed by atoms with Crippen LogP contribution in [0.3, 0.4) is 0 Å². The number of nitrogens with one attached hydrogen (secondary N) is 2. The molecule has 8 heteroatoms. The van der Waals surface area contributed by atoms with Gasteiger partial charge in [-0.05, 0) is 50.2 Å². The summed E-state index contributed by atoms with van der Waals surface area (Å²) >= 11 is 0. The molecule has 0 spiro atoms. The van der Waals surface area contributed by atoms with Gasteiger partial charge in [0.1, 0.15) is 0 Å². The summed E-state index contributed by atoms with van der Waals surface area (Å²) in [5.74, 6) is 1.14. The van der Waals surface area contributed by atoms with E-state index >= 15 is 0 Å². The van der Waals surface area contributed by atoms with Crippen molar-refractivity contribution in [1.29, 1.82) is 0 Å². The molecule has 2 aromatic rings. The Kier molecular flexibility index (Phi) is 11.7. The molecular formula is C24H34N4O4. The fourth-order valence-electron chi connectivity index (χ4n) is 2.96. The summed E-state index contributed by atoms with van der Waals surface area (Å²) < 4.78 is 10.2. The number of nitrogens with zero attached hydrogens (tertiary/aromatic N) is 2. The lowest BCUT2D eigenvalue weighted by atomic mass is 10.2. The van der Waals surface area contributed by atoms with Gasteiger partial charge in [-0.1, -0.05) is 12.1 Å². The maximum absolute atomic E-state index is 10.0. The summed E-state index contributed by atoms with van der Waals surface area (Å²) in [4.78, 5) is 8.72. The van der Waals surface area contributed by atoms with E-state index in [4.69, 9.17) is 9.47 Å². The van der Waals surface area contributed by atoms with Crippen LogP contribution >= 0.6 is 0 Å². The number of para-hydroxylation sites is 2. The normalized spacial score (nSPS) is 11.4. The molecule has 0 aliphatic carbocycles. The molecule has 0 atom stereocenters. The number of rotatable bonds is 15. The van der Waals surface area contributed by atoms with Crippen LogP contribution in [0.2, 0.25) is 0 Å². The molecule has 0 bridgehead atoms. The predicted octanol–water partition coefficient (Wildman–Crippen LogP) is 2.61. The first-order chi connectivity index (χ1) is 15.7. The second-order valence-electron chi connectivity index (χ2n) is 7.07. The van der Waals surface area contributed by atoms with Crippen LogP contribution in [0, 0.1) is 0 Å². The first kappa shape index (κ1) is 25.2. The van der Waals surface area contributed by atoms with Crippen molar-refractivity contribution in [2.24, 2.45) is 9.98 Å². The van der Waals surface area contributed by atoms with Crippen LogP contribution in [0.4, 0.5) is 0 Å². The van der Waals surface area contributed by atoms with Crippen molar-refractivity contribution in [2.45, 2.75) is 12.8 Å². The summed E-state index contributed by atoms with van der Waals surface area (Å²) in [6.45, 7) is 4.94. The standard InChI is InChI=1S/C24H34N4O4/c1-31-21-9-3-7-19(23(21)29)17-27-13-5-11-25-15-16-26-12-6-14-28-18-20-8-4-10-22(32-2)24(20)30/h3-4,7-10,17-18,25-26,29-30H,5-6,11-16H2,1-2H3. The van der Waals surface area contributed by atoms with Gasteiger partial charge in [-0.25, -0.2) is 0 Å². The number of ether oxygens (including phenoxy) is 2. The second kappa shape index (κ2) is 14.8. The number of hydrogen-bond donors (Lipinski definition) is 4. The van der Waals surface area contributed by atoms with Gasteiger partial charge >= 0.3 is 0 Å². The van der Waals surface area contributed by atoms with Crippen molar-refractivity contribution in [3.05, 3.63) is 47.5 Å². The fourth-order valence-corrected chi connectivity index (χ4v) is 2.96. The Labute approximate surface area is 190 Å². The summed E-state index contributed by atoms with van der Waals surface area (Å²) in [7, 11) is 3.06. The molecule has 8 nitrogen and oxygen atoms in total. The highest BCUT2D eigenvalue weighted by Crippen LogP contribution is 2.28. The minimum Gasteiger partial charge on any atom is -0.504 e. The molecule has 0 unspecified atom stereocenters. The van der Waals surface area contributed by atoms with Gasteiger partial charge in [0, 0.05) is 49.7 Å². The predicted molar refractivity (Wildman–Crippen MR) is 129 cm³/mol. The Hall–Kier alpha value is -3.10. The lowest BCUT2D eigenvalue weighted by Crippen LogP contribution is -2.29. The molecule has 2 aromatic carbocycles. The van der Waals surface area contributed by atoms with Gasteiger partial charge in [0.15, 0.2) is 23.0 Å². The minimum absolute atomic E-state index is 0.118. The molecule has 0 fully saturated rings. The first-order valence-electron chi connectivity index (χ1n) is 10.8. The number of phenols is 2. The van der Waals surface area contributed by atoms with E-state index in [1.165, 1.54) is 14.2 Å². The van der Waals surface area contributed by atoms with Crippen LogP contribution in [0.1, 0.15) is 24.0 Å². The van der Waals surface area contributed by atoms with Gasteiger partial charge in [0.2, 0.25) is 0 Å². The molecule has 174 valence electrons. The topological polar surface area (TPSA) is 108 Å². The van der Waals surface area contributed by atoms with Gasteiger partial charge in [-0.15, -0.1) is 0 Å². The quantitative estimate of drug-likeness (QED) is 0.249. The van der Waals surface area contributed by atoms with Crippen LogP contribution in [0.5, 0.6) is 23.0 Å². The number of aliphatic imine (C=N–C) groups is 2. The number of hydrogen-bond acceptors (Lipinski definition) is 8. The van der Waals surface area contributed by atoms with Crippen LogP contribution in [-0.4, -0.2) is 76.1 Å². The minimum atomic E-state index is 0.118. The largest absolute Gasteiger partial charge is 0.504 e. The monoisotopic (exact) mass is 442 g/mol. The van der Waals surface area contributed by atoms with E-state index in [9.17, 15) is 10.2 Å². The summed E-state index contributed by atoms with van der Waals surface area (Å²) in [5, 5.41) is 26.8. The molecular weight excluding hydrogens is 408 g/mol. The maximum Gasteiger partial charge on any atom is 0.166 e. The second-order valence-corrected chi connectivity index (χ2v) is 7.07. The van der Waals surface area contributed by atoms with E-state index < -0.39 is 0 Å². The molecule has 0 radical (unpaired) electrons. The maximum atomic E-state index is 10.0. The van der Waals surface area contributed by atoms with Crippen LogP contribution in [-0.2, 0) is 0 Å². The molecule has 0 aliphatic heterocycles. The molecule has 0 aromatic heterocycles.